The van der Waals surface area contributed by atoms with Crippen molar-refractivity contribution in [2.75, 3.05) is 6.54 Å². The van der Waals surface area contributed by atoms with Crippen molar-refractivity contribution >= 4 is 23.1 Å². The Morgan fingerprint density at radius 3 is 2.70 bits per heavy atom. The van der Waals surface area contributed by atoms with Gasteiger partial charge in [0, 0.05) is 24.6 Å². The van der Waals surface area contributed by atoms with E-state index in [1.54, 1.807) is 4.90 Å². The van der Waals surface area contributed by atoms with Gasteiger partial charge in [-0.2, -0.15) is 0 Å². The first-order valence-corrected chi connectivity index (χ1v) is 6.90. The molecule has 6 heteroatoms. The van der Waals surface area contributed by atoms with E-state index in [1.165, 1.54) is 12.1 Å². The number of nitrogens with zero attached hydrogens (tertiary/aromatic N) is 1. The van der Waals surface area contributed by atoms with Crippen molar-refractivity contribution in [2.24, 2.45) is 5.73 Å². The van der Waals surface area contributed by atoms with Crippen LogP contribution < -0.4 is 5.73 Å². The van der Waals surface area contributed by atoms with Crippen LogP contribution in [0.3, 0.4) is 0 Å². The van der Waals surface area contributed by atoms with E-state index in [-0.39, 0.29) is 23.9 Å². The van der Waals surface area contributed by atoms with Gasteiger partial charge in [0.2, 0.25) is 5.91 Å². The van der Waals surface area contributed by atoms with Gasteiger partial charge >= 0.3 is 0 Å². The second-order valence-corrected chi connectivity index (χ2v) is 5.45. The minimum Gasteiger partial charge on any atom is -0.393 e. The Labute approximate surface area is 121 Å². The van der Waals surface area contributed by atoms with E-state index >= 15 is 0 Å². The van der Waals surface area contributed by atoms with E-state index in [2.05, 4.69) is 0 Å². The number of hydrogen-bond donors (Lipinski definition) is 1. The van der Waals surface area contributed by atoms with Crippen molar-refractivity contribution < 1.29 is 13.6 Å². The number of thiocarbonyl (C=S) groups is 1. The van der Waals surface area contributed by atoms with Crippen molar-refractivity contribution in [1.29, 1.82) is 0 Å². The second kappa shape index (κ2) is 6.26. The molecule has 0 unspecified atom stereocenters. The van der Waals surface area contributed by atoms with Crippen LogP contribution in [0.1, 0.15) is 24.8 Å². The van der Waals surface area contributed by atoms with E-state index < -0.39 is 11.6 Å². The summed E-state index contributed by atoms with van der Waals surface area (Å²) in [6.07, 6.45) is 2.18. The molecule has 0 spiro atoms. The zero-order valence-electron chi connectivity index (χ0n) is 10.9. The van der Waals surface area contributed by atoms with Gasteiger partial charge in [-0.1, -0.05) is 24.4 Å². The predicted molar refractivity (Wildman–Crippen MR) is 76.2 cm³/mol. The molecule has 1 aliphatic rings. The van der Waals surface area contributed by atoms with Crippen LogP contribution in [0.2, 0.25) is 0 Å². The van der Waals surface area contributed by atoms with E-state index in [0.29, 0.717) is 18.0 Å². The fourth-order valence-electron chi connectivity index (χ4n) is 2.08. The number of nitrogens with two attached hydrogens (primary N) is 1. The van der Waals surface area contributed by atoms with Gasteiger partial charge in [0.1, 0.15) is 0 Å². The molecule has 1 amide bonds. The quantitative estimate of drug-likeness (QED) is 0.819. The third-order valence-electron chi connectivity index (χ3n) is 3.28. The highest BCUT2D eigenvalue weighted by Gasteiger charge is 2.32. The van der Waals surface area contributed by atoms with E-state index in [1.807, 2.05) is 0 Å². The van der Waals surface area contributed by atoms with Gasteiger partial charge in [0.25, 0.3) is 0 Å². The molecular weight excluding hydrogens is 282 g/mol. The van der Waals surface area contributed by atoms with Crippen molar-refractivity contribution in [3.05, 3.63) is 35.4 Å². The third kappa shape index (κ3) is 3.72. The lowest BCUT2D eigenvalue weighted by atomic mass is 10.1. The lowest BCUT2D eigenvalue weighted by molar-refractivity contribution is -0.131. The number of carbonyl (C=O) groups is 1. The molecular formula is C14H16F2N2OS. The number of carbonyl (C=O) groups excluding carboxylic acids is 1. The maximum Gasteiger partial charge on any atom is 0.227 e. The number of rotatable bonds is 6. The Morgan fingerprint density at radius 1 is 1.40 bits per heavy atom. The zero-order valence-corrected chi connectivity index (χ0v) is 11.8. The van der Waals surface area contributed by atoms with Crippen LogP contribution in [0.4, 0.5) is 8.78 Å². The summed E-state index contributed by atoms with van der Waals surface area (Å²) in [6, 6.07) is 4.05. The first kappa shape index (κ1) is 14.8. The molecule has 0 atom stereocenters. The fraction of sp³-hybridized carbons (Fsp3) is 0.429. The lowest BCUT2D eigenvalue weighted by Gasteiger charge is -2.22. The minimum atomic E-state index is -0.953. The number of halogens is 2. The highest BCUT2D eigenvalue weighted by molar-refractivity contribution is 7.80. The molecule has 0 bridgehead atoms. The number of amides is 1. The Morgan fingerprint density at radius 2 is 2.10 bits per heavy atom. The molecule has 0 saturated heterocycles. The average molecular weight is 298 g/mol. The van der Waals surface area contributed by atoms with Crippen molar-refractivity contribution in [1.82, 2.24) is 4.90 Å². The van der Waals surface area contributed by atoms with Gasteiger partial charge in [0.15, 0.2) is 11.6 Å². The van der Waals surface area contributed by atoms with Gasteiger partial charge in [-0.05, 0) is 18.9 Å². The van der Waals surface area contributed by atoms with Crippen molar-refractivity contribution in [3.8, 4) is 0 Å². The van der Waals surface area contributed by atoms with Gasteiger partial charge in [0.05, 0.1) is 11.4 Å². The topological polar surface area (TPSA) is 46.3 Å². The van der Waals surface area contributed by atoms with Gasteiger partial charge in [-0.3, -0.25) is 4.79 Å². The average Bonchev–Trinajstić information content (AvgIpc) is 3.19. The Bertz CT molecular complexity index is 532. The first-order valence-electron chi connectivity index (χ1n) is 6.49. The molecule has 1 fully saturated rings. The molecule has 0 heterocycles. The molecule has 1 saturated carbocycles. The van der Waals surface area contributed by atoms with Crippen LogP contribution in [0, 0.1) is 11.6 Å². The number of hydrogen-bond acceptors (Lipinski definition) is 2. The molecule has 20 heavy (non-hydrogen) atoms. The smallest absolute Gasteiger partial charge is 0.227 e. The normalized spacial score (nSPS) is 14.1. The summed E-state index contributed by atoms with van der Waals surface area (Å²) in [6.45, 7) is 0.440. The van der Waals surface area contributed by atoms with Crippen LogP contribution in [-0.4, -0.2) is 28.4 Å². The Hall–Kier alpha value is -1.56. The third-order valence-corrected chi connectivity index (χ3v) is 3.48. The summed E-state index contributed by atoms with van der Waals surface area (Å²) in [5.74, 6) is -2.10. The highest BCUT2D eigenvalue weighted by atomic mass is 32.1. The molecule has 2 N–H and O–H groups in total. The second-order valence-electron chi connectivity index (χ2n) is 4.92. The Balaban J connectivity index is 2.04. The fourth-order valence-corrected chi connectivity index (χ4v) is 2.17. The van der Waals surface area contributed by atoms with E-state index in [0.717, 1.165) is 18.9 Å². The largest absolute Gasteiger partial charge is 0.393 e. The first-order chi connectivity index (χ1) is 9.49. The van der Waals surface area contributed by atoms with Crippen LogP contribution in [0.25, 0.3) is 0 Å². The van der Waals surface area contributed by atoms with Crippen molar-refractivity contribution in [2.45, 2.75) is 31.7 Å². The summed E-state index contributed by atoms with van der Waals surface area (Å²) in [4.78, 5) is 14.2. The summed E-state index contributed by atoms with van der Waals surface area (Å²) in [7, 11) is 0. The van der Waals surface area contributed by atoms with Crippen molar-refractivity contribution in [3.63, 3.8) is 0 Å². The molecule has 1 aromatic rings. The number of benzene rings is 1. The monoisotopic (exact) mass is 298 g/mol. The lowest BCUT2D eigenvalue weighted by Crippen LogP contribution is -2.36. The van der Waals surface area contributed by atoms with Gasteiger partial charge in [-0.25, -0.2) is 8.78 Å². The van der Waals surface area contributed by atoms with Crippen LogP contribution in [0.15, 0.2) is 18.2 Å². The molecule has 0 aliphatic heterocycles. The minimum absolute atomic E-state index is 0.0796. The molecule has 108 valence electrons. The molecule has 1 aliphatic carbocycles. The SMILES string of the molecule is NC(=S)CCN(C(=O)Cc1cccc(F)c1F)C1CC1. The van der Waals surface area contributed by atoms with E-state index in [4.69, 9.17) is 18.0 Å². The van der Waals surface area contributed by atoms with Crippen LogP contribution in [0.5, 0.6) is 0 Å². The summed E-state index contributed by atoms with van der Waals surface area (Å²) < 4.78 is 26.7. The van der Waals surface area contributed by atoms with Gasteiger partial charge < -0.3 is 10.6 Å². The summed E-state index contributed by atoms with van der Waals surface area (Å²) >= 11 is 4.81. The predicted octanol–water partition coefficient (Wildman–Crippen LogP) is 2.17. The molecule has 3 nitrogen and oxygen atoms in total. The van der Waals surface area contributed by atoms with Crippen LogP contribution in [-0.2, 0) is 11.2 Å². The molecule has 2 rings (SSSR count). The van der Waals surface area contributed by atoms with E-state index in [9.17, 15) is 13.6 Å². The highest BCUT2D eigenvalue weighted by Crippen LogP contribution is 2.28. The summed E-state index contributed by atoms with van der Waals surface area (Å²) in [5.41, 5.74) is 5.52. The molecule has 0 aromatic heterocycles. The Kier molecular flexibility index (Phi) is 4.65. The summed E-state index contributed by atoms with van der Waals surface area (Å²) in [5, 5.41) is 0. The van der Waals surface area contributed by atoms with Gasteiger partial charge in [-0.15, -0.1) is 0 Å². The standard InChI is InChI=1S/C14H16F2N2OS/c15-11-3-1-2-9(14(11)16)8-13(19)18(10-4-5-10)7-6-12(17)20/h1-3,10H,4-8H2,(H2,17,20). The molecule has 0 radical (unpaired) electrons. The maximum absolute atomic E-state index is 13.6. The van der Waals surface area contributed by atoms with Crippen LogP contribution >= 0.6 is 12.2 Å². The maximum atomic E-state index is 13.6. The zero-order chi connectivity index (χ0) is 14.7. The molecule has 1 aromatic carbocycles.